The first-order valence-corrected chi connectivity index (χ1v) is 8.34. The Morgan fingerprint density at radius 2 is 2.25 bits per heavy atom. The van der Waals surface area contributed by atoms with Gasteiger partial charge in [0.25, 0.3) is 0 Å². The number of nitrogens with zero attached hydrogens (tertiary/aromatic N) is 4. The van der Waals surface area contributed by atoms with Crippen LogP contribution in [0.25, 0.3) is 0 Å². The van der Waals surface area contributed by atoms with E-state index in [2.05, 4.69) is 20.2 Å². The number of nitrogens with one attached hydrogen (secondary N) is 1. The molecule has 24 heavy (non-hydrogen) atoms. The summed E-state index contributed by atoms with van der Waals surface area (Å²) in [4.78, 5) is 25.0. The number of amides is 1. The van der Waals surface area contributed by atoms with Crippen molar-refractivity contribution in [1.29, 1.82) is 0 Å². The van der Waals surface area contributed by atoms with E-state index >= 15 is 0 Å². The van der Waals surface area contributed by atoms with Crippen LogP contribution in [0.4, 0.5) is 4.79 Å². The largest absolute Gasteiger partial charge is 0.444 e. The summed E-state index contributed by atoms with van der Waals surface area (Å²) in [5, 5.41) is 3.38. The van der Waals surface area contributed by atoms with Gasteiger partial charge >= 0.3 is 6.09 Å². The second kappa shape index (κ2) is 6.67. The van der Waals surface area contributed by atoms with E-state index in [0.717, 1.165) is 18.1 Å². The summed E-state index contributed by atoms with van der Waals surface area (Å²) in [7, 11) is 0. The number of ether oxygens (including phenoxy) is 1. The predicted molar refractivity (Wildman–Crippen MR) is 91.7 cm³/mol. The second-order valence-corrected chi connectivity index (χ2v) is 7.15. The Kier molecular flexibility index (Phi) is 4.59. The molecule has 1 unspecified atom stereocenters. The molecule has 0 saturated carbocycles. The molecule has 2 aliphatic rings. The zero-order valence-electron chi connectivity index (χ0n) is 14.5. The van der Waals surface area contributed by atoms with Gasteiger partial charge in [0, 0.05) is 38.6 Å². The average Bonchev–Trinajstić information content (AvgIpc) is 2.94. The Balaban J connectivity index is 1.52. The fraction of sp³-hybridized carbons (Fsp3) is 0.588. The van der Waals surface area contributed by atoms with E-state index < -0.39 is 5.60 Å². The zero-order chi connectivity index (χ0) is 17.2. The maximum Gasteiger partial charge on any atom is 0.410 e. The maximum atomic E-state index is 12.2. The number of aromatic nitrogens is 1. The van der Waals surface area contributed by atoms with Crippen LogP contribution in [-0.4, -0.2) is 64.7 Å². The van der Waals surface area contributed by atoms with Gasteiger partial charge < -0.3 is 19.9 Å². The predicted octanol–water partition coefficient (Wildman–Crippen LogP) is 1.46. The van der Waals surface area contributed by atoms with Crippen LogP contribution in [0.3, 0.4) is 0 Å². The molecule has 1 amide bonds. The standard InChI is InChI=1S/C17H25N5O2/c1-17(2,3)24-16(23)21-7-8-22-14(12-21)11-20-15(22)19-10-13-5-4-6-18-9-13/h4-6,9,14H,7-8,10-12H2,1-3H3,(H,19,20). The van der Waals surface area contributed by atoms with Gasteiger partial charge in [-0.2, -0.15) is 0 Å². The molecule has 1 N–H and O–H groups in total. The number of rotatable bonds is 2. The number of hydrogen-bond acceptors (Lipinski definition) is 6. The molecule has 130 valence electrons. The molecule has 1 atom stereocenters. The fourth-order valence-electron chi connectivity index (χ4n) is 2.91. The molecule has 3 rings (SSSR count). The number of aliphatic imine (C=N–C) groups is 1. The monoisotopic (exact) mass is 331 g/mol. The third-order valence-electron chi connectivity index (χ3n) is 4.03. The van der Waals surface area contributed by atoms with E-state index in [9.17, 15) is 4.79 Å². The summed E-state index contributed by atoms with van der Waals surface area (Å²) in [6.07, 6.45) is 3.38. The molecule has 3 heterocycles. The second-order valence-electron chi connectivity index (χ2n) is 7.15. The zero-order valence-corrected chi connectivity index (χ0v) is 14.5. The summed E-state index contributed by atoms with van der Waals surface area (Å²) < 4.78 is 5.47. The molecule has 1 aromatic rings. The van der Waals surface area contributed by atoms with Gasteiger partial charge in [0.2, 0.25) is 0 Å². The van der Waals surface area contributed by atoms with Gasteiger partial charge in [-0.1, -0.05) is 6.07 Å². The molecule has 0 aromatic carbocycles. The molecule has 1 fully saturated rings. The number of hydrogen-bond donors (Lipinski definition) is 1. The van der Waals surface area contributed by atoms with Crippen molar-refractivity contribution in [3.05, 3.63) is 30.1 Å². The number of carbonyl (C=O) groups is 1. The van der Waals surface area contributed by atoms with Gasteiger partial charge in [-0.25, -0.2) is 4.79 Å². The van der Waals surface area contributed by atoms with E-state index in [1.165, 1.54) is 0 Å². The molecule has 1 saturated heterocycles. The van der Waals surface area contributed by atoms with E-state index in [1.807, 2.05) is 39.1 Å². The highest BCUT2D eigenvalue weighted by molar-refractivity contribution is 5.82. The highest BCUT2D eigenvalue weighted by Crippen LogP contribution is 2.18. The van der Waals surface area contributed by atoms with Crippen LogP contribution < -0.4 is 5.32 Å². The van der Waals surface area contributed by atoms with Crippen LogP contribution in [0.5, 0.6) is 0 Å². The molecule has 0 spiro atoms. The highest BCUT2D eigenvalue weighted by atomic mass is 16.6. The lowest BCUT2D eigenvalue weighted by Crippen LogP contribution is -2.57. The first-order chi connectivity index (χ1) is 11.4. The van der Waals surface area contributed by atoms with E-state index in [1.54, 1.807) is 11.1 Å². The van der Waals surface area contributed by atoms with Crippen molar-refractivity contribution in [3.8, 4) is 0 Å². The first kappa shape index (κ1) is 16.5. The molecule has 7 nitrogen and oxygen atoms in total. The molecule has 0 radical (unpaired) electrons. The molecule has 1 aromatic heterocycles. The van der Waals surface area contributed by atoms with Gasteiger partial charge in [-0.3, -0.25) is 9.98 Å². The quantitative estimate of drug-likeness (QED) is 0.888. The summed E-state index contributed by atoms with van der Waals surface area (Å²) in [6.45, 7) is 9.14. The van der Waals surface area contributed by atoms with Crippen LogP contribution in [0.1, 0.15) is 26.3 Å². The van der Waals surface area contributed by atoms with Crippen LogP contribution >= 0.6 is 0 Å². The minimum Gasteiger partial charge on any atom is -0.444 e. The fourth-order valence-corrected chi connectivity index (χ4v) is 2.91. The van der Waals surface area contributed by atoms with Crippen molar-refractivity contribution in [2.45, 2.75) is 39.0 Å². The Labute approximate surface area is 142 Å². The van der Waals surface area contributed by atoms with Crippen molar-refractivity contribution >= 4 is 12.1 Å². The molecule has 7 heteroatoms. The molecule has 0 aliphatic carbocycles. The third kappa shape index (κ3) is 3.96. The Bertz CT molecular complexity index is 611. The van der Waals surface area contributed by atoms with Crippen molar-refractivity contribution in [2.75, 3.05) is 26.2 Å². The van der Waals surface area contributed by atoms with E-state index in [-0.39, 0.29) is 12.1 Å². The van der Waals surface area contributed by atoms with E-state index in [4.69, 9.17) is 4.74 Å². The normalized spacial score (nSPS) is 20.5. The van der Waals surface area contributed by atoms with Crippen LogP contribution in [-0.2, 0) is 11.3 Å². The molecular weight excluding hydrogens is 306 g/mol. The molecule has 0 bridgehead atoms. The van der Waals surface area contributed by atoms with Gasteiger partial charge in [0.1, 0.15) is 5.60 Å². The van der Waals surface area contributed by atoms with Crippen molar-refractivity contribution in [1.82, 2.24) is 20.1 Å². The minimum atomic E-state index is -0.461. The average molecular weight is 331 g/mol. The SMILES string of the molecule is CC(C)(C)OC(=O)N1CCN2C(NCc3cccnc3)=NCC2C1. The van der Waals surface area contributed by atoms with Crippen LogP contribution in [0.2, 0.25) is 0 Å². The number of carbonyl (C=O) groups excluding carboxylic acids is 1. The van der Waals surface area contributed by atoms with E-state index in [0.29, 0.717) is 26.2 Å². The van der Waals surface area contributed by atoms with Gasteiger partial charge in [-0.05, 0) is 32.4 Å². The van der Waals surface area contributed by atoms with Gasteiger partial charge in [0.05, 0.1) is 12.6 Å². The lowest BCUT2D eigenvalue weighted by atomic mass is 10.2. The lowest BCUT2D eigenvalue weighted by molar-refractivity contribution is 0.0137. The summed E-state index contributed by atoms with van der Waals surface area (Å²) >= 11 is 0. The summed E-state index contributed by atoms with van der Waals surface area (Å²) in [5.74, 6) is 0.910. The Morgan fingerprint density at radius 3 is 2.96 bits per heavy atom. The number of guanidine groups is 1. The highest BCUT2D eigenvalue weighted by Gasteiger charge is 2.36. The third-order valence-corrected chi connectivity index (χ3v) is 4.03. The van der Waals surface area contributed by atoms with Crippen LogP contribution in [0.15, 0.2) is 29.5 Å². The number of pyridine rings is 1. The minimum absolute atomic E-state index is 0.225. The molecule has 2 aliphatic heterocycles. The smallest absolute Gasteiger partial charge is 0.410 e. The van der Waals surface area contributed by atoms with Crippen molar-refractivity contribution in [2.24, 2.45) is 4.99 Å². The Morgan fingerprint density at radius 1 is 1.42 bits per heavy atom. The van der Waals surface area contributed by atoms with Gasteiger partial charge in [-0.15, -0.1) is 0 Å². The molecular formula is C17H25N5O2. The Hall–Kier alpha value is -2.31. The summed E-state index contributed by atoms with van der Waals surface area (Å²) in [6, 6.07) is 4.19. The van der Waals surface area contributed by atoms with Crippen molar-refractivity contribution in [3.63, 3.8) is 0 Å². The van der Waals surface area contributed by atoms with Gasteiger partial charge in [0.15, 0.2) is 5.96 Å². The number of piperazine rings is 1. The summed E-state index contributed by atoms with van der Waals surface area (Å²) in [5.41, 5.74) is 0.660. The topological polar surface area (TPSA) is 70.1 Å². The first-order valence-electron chi connectivity index (χ1n) is 8.34. The van der Waals surface area contributed by atoms with Crippen LogP contribution in [0, 0.1) is 0 Å². The maximum absolute atomic E-state index is 12.2. The lowest BCUT2D eigenvalue weighted by Gasteiger charge is -2.39. The van der Waals surface area contributed by atoms with Crippen molar-refractivity contribution < 1.29 is 9.53 Å². The number of fused-ring (bicyclic) bond motifs is 1.